The van der Waals surface area contributed by atoms with Crippen molar-refractivity contribution in [3.05, 3.63) is 47.5 Å². The molecule has 40 heavy (non-hydrogen) atoms. The molecule has 0 aromatic heterocycles. The number of methoxy groups -OCH3 is 1. The topological polar surface area (TPSA) is 208 Å². The lowest BCUT2D eigenvalue weighted by atomic mass is 9.98. The monoisotopic (exact) mass is 566 g/mol. The van der Waals surface area contributed by atoms with Gasteiger partial charge in [0, 0.05) is 6.07 Å². The van der Waals surface area contributed by atoms with Crippen molar-refractivity contribution < 1.29 is 64.5 Å². The molecule has 2 fully saturated rings. The van der Waals surface area contributed by atoms with Crippen molar-refractivity contribution in [2.45, 2.75) is 68.3 Å². The highest BCUT2D eigenvalue weighted by atomic mass is 16.7. The molecule has 220 valence electrons. The largest absolute Gasteiger partial charge is 0.508 e. The van der Waals surface area contributed by atoms with Gasteiger partial charge in [-0.1, -0.05) is 18.2 Å². The first-order chi connectivity index (χ1) is 19.0. The van der Waals surface area contributed by atoms with Crippen LogP contribution in [0.25, 0.3) is 12.2 Å². The first-order valence-corrected chi connectivity index (χ1v) is 12.5. The standard InChI is InChI=1S/C27H34O13/c1-12-20(30)22(32)24(34)26(38-12)37-11-19-21(31)23(33)25(35)27(40-19)39-16-8-14(7-15(28)10-16)4-3-13-5-6-18(36-2)17(29)9-13/h3-10,12,19-35H,11H2,1-2H3/t12-,19+,20-,21+,22+,23-,24+,25+,26+,27+/m0/s1. The summed E-state index contributed by atoms with van der Waals surface area (Å²) in [4.78, 5) is 0. The molecule has 2 saturated heterocycles. The molecule has 0 radical (unpaired) electrons. The van der Waals surface area contributed by atoms with E-state index in [9.17, 15) is 40.9 Å². The van der Waals surface area contributed by atoms with Crippen molar-refractivity contribution in [3.63, 3.8) is 0 Å². The second-order valence-corrected chi connectivity index (χ2v) is 9.67. The van der Waals surface area contributed by atoms with Crippen LogP contribution < -0.4 is 9.47 Å². The highest BCUT2D eigenvalue weighted by Crippen LogP contribution is 2.31. The summed E-state index contributed by atoms with van der Waals surface area (Å²) < 4.78 is 27.2. The van der Waals surface area contributed by atoms with Crippen LogP contribution in [-0.4, -0.2) is 116 Å². The first kappa shape index (κ1) is 30.0. The molecule has 0 bridgehead atoms. The van der Waals surface area contributed by atoms with Gasteiger partial charge in [0.1, 0.15) is 54.2 Å². The lowest BCUT2D eigenvalue weighted by Gasteiger charge is -2.42. The van der Waals surface area contributed by atoms with Crippen LogP contribution in [0.15, 0.2) is 36.4 Å². The molecule has 2 aliphatic rings. The summed E-state index contributed by atoms with van der Waals surface area (Å²) in [5.74, 6) is 0.182. The molecule has 2 heterocycles. The van der Waals surface area contributed by atoms with E-state index in [0.29, 0.717) is 16.9 Å². The van der Waals surface area contributed by atoms with E-state index in [0.717, 1.165) is 0 Å². The zero-order chi connectivity index (χ0) is 29.1. The van der Waals surface area contributed by atoms with Crippen LogP contribution in [0.5, 0.6) is 23.0 Å². The van der Waals surface area contributed by atoms with Crippen molar-refractivity contribution >= 4 is 12.2 Å². The highest BCUT2D eigenvalue weighted by molar-refractivity contribution is 5.72. The van der Waals surface area contributed by atoms with Gasteiger partial charge >= 0.3 is 0 Å². The van der Waals surface area contributed by atoms with E-state index in [-0.39, 0.29) is 17.2 Å². The minimum atomic E-state index is -1.70. The SMILES string of the molecule is COc1ccc(C=Cc2cc(O)cc(O[C@@H]3O[C@H](CO[C@@H]4O[C@@H](C)[C@H](O)[C@@H](O)[C@H]4O)[C@@H](O)[C@H](O)[C@H]3O)c2)cc1O. The summed E-state index contributed by atoms with van der Waals surface area (Å²) in [6.45, 7) is 1.04. The zero-order valence-corrected chi connectivity index (χ0v) is 21.7. The van der Waals surface area contributed by atoms with E-state index in [1.54, 1.807) is 24.3 Å². The molecule has 0 saturated carbocycles. The second-order valence-electron chi connectivity index (χ2n) is 9.67. The van der Waals surface area contributed by atoms with Crippen molar-refractivity contribution in [3.8, 4) is 23.0 Å². The molecule has 10 atom stereocenters. The Balaban J connectivity index is 1.44. The van der Waals surface area contributed by atoms with E-state index >= 15 is 0 Å². The number of hydrogen-bond donors (Lipinski definition) is 8. The van der Waals surface area contributed by atoms with Crippen molar-refractivity contribution in [1.82, 2.24) is 0 Å². The average Bonchev–Trinajstić information content (AvgIpc) is 2.92. The van der Waals surface area contributed by atoms with Gasteiger partial charge in [-0.2, -0.15) is 0 Å². The van der Waals surface area contributed by atoms with E-state index in [4.69, 9.17) is 23.7 Å². The van der Waals surface area contributed by atoms with Gasteiger partial charge in [0.05, 0.1) is 19.8 Å². The summed E-state index contributed by atoms with van der Waals surface area (Å²) in [6, 6.07) is 9.05. The number of aromatic hydroxyl groups is 2. The molecule has 13 heteroatoms. The second kappa shape index (κ2) is 12.7. The fourth-order valence-corrected chi connectivity index (χ4v) is 4.40. The predicted octanol–water partition coefficient (Wildman–Crippen LogP) is -0.693. The maximum absolute atomic E-state index is 10.5. The summed E-state index contributed by atoms with van der Waals surface area (Å²) in [7, 11) is 1.44. The fraction of sp³-hybridized carbons (Fsp3) is 0.481. The van der Waals surface area contributed by atoms with Crippen LogP contribution in [0.1, 0.15) is 18.1 Å². The Bertz CT molecular complexity index is 1170. The summed E-state index contributed by atoms with van der Waals surface area (Å²) in [6.07, 6.45) is -11.1. The van der Waals surface area contributed by atoms with Gasteiger partial charge in [-0.25, -0.2) is 0 Å². The molecule has 8 N–H and O–H groups in total. The van der Waals surface area contributed by atoms with E-state index in [1.165, 1.54) is 38.3 Å². The number of phenolic OH excluding ortho intramolecular Hbond substituents is 2. The Morgan fingerprint density at radius 1 is 0.750 bits per heavy atom. The number of aliphatic hydroxyl groups excluding tert-OH is 6. The lowest BCUT2D eigenvalue weighted by molar-refractivity contribution is -0.318. The van der Waals surface area contributed by atoms with Gasteiger partial charge in [-0.15, -0.1) is 0 Å². The predicted molar refractivity (Wildman–Crippen MR) is 137 cm³/mol. The van der Waals surface area contributed by atoms with Gasteiger partial charge < -0.3 is 64.5 Å². The molecular formula is C27H34O13. The summed E-state index contributed by atoms with van der Waals surface area (Å²) in [5.41, 5.74) is 1.15. The van der Waals surface area contributed by atoms with Crippen LogP contribution in [0, 0.1) is 0 Å². The minimum Gasteiger partial charge on any atom is -0.508 e. The van der Waals surface area contributed by atoms with Crippen molar-refractivity contribution in [2.24, 2.45) is 0 Å². The minimum absolute atomic E-state index is 0.0415. The number of ether oxygens (including phenoxy) is 5. The average molecular weight is 567 g/mol. The van der Waals surface area contributed by atoms with Crippen LogP contribution in [0.2, 0.25) is 0 Å². The quantitative estimate of drug-likeness (QED) is 0.186. The fourth-order valence-electron chi connectivity index (χ4n) is 4.40. The van der Waals surface area contributed by atoms with Gasteiger partial charge in [0.25, 0.3) is 0 Å². The van der Waals surface area contributed by atoms with Crippen LogP contribution >= 0.6 is 0 Å². The molecule has 2 aromatic carbocycles. The summed E-state index contributed by atoms with van der Waals surface area (Å²) >= 11 is 0. The molecule has 0 unspecified atom stereocenters. The Labute approximate surface area is 229 Å². The molecule has 0 aliphatic carbocycles. The Kier molecular flexibility index (Phi) is 9.51. The maximum Gasteiger partial charge on any atom is 0.229 e. The third kappa shape index (κ3) is 6.66. The molecule has 13 nitrogen and oxygen atoms in total. The number of hydrogen-bond acceptors (Lipinski definition) is 13. The number of phenols is 2. The van der Waals surface area contributed by atoms with Gasteiger partial charge in [-0.3, -0.25) is 0 Å². The van der Waals surface area contributed by atoms with E-state index in [1.807, 2.05) is 0 Å². The summed E-state index contributed by atoms with van der Waals surface area (Å²) in [5, 5.41) is 81.4. The van der Waals surface area contributed by atoms with Gasteiger partial charge in [0.2, 0.25) is 6.29 Å². The Morgan fingerprint density at radius 2 is 1.43 bits per heavy atom. The van der Waals surface area contributed by atoms with Crippen molar-refractivity contribution in [2.75, 3.05) is 13.7 Å². The van der Waals surface area contributed by atoms with Crippen molar-refractivity contribution in [1.29, 1.82) is 0 Å². The lowest BCUT2D eigenvalue weighted by Crippen LogP contribution is -2.61. The molecule has 2 aliphatic heterocycles. The van der Waals surface area contributed by atoms with Crippen LogP contribution in [0.3, 0.4) is 0 Å². The molecular weight excluding hydrogens is 532 g/mol. The molecule has 0 spiro atoms. The molecule has 2 aromatic rings. The maximum atomic E-state index is 10.5. The number of aliphatic hydroxyl groups is 6. The van der Waals surface area contributed by atoms with E-state index in [2.05, 4.69) is 0 Å². The van der Waals surface area contributed by atoms with Gasteiger partial charge in [0.15, 0.2) is 17.8 Å². The number of benzene rings is 2. The number of rotatable bonds is 8. The smallest absolute Gasteiger partial charge is 0.229 e. The third-order valence-electron chi connectivity index (χ3n) is 6.74. The molecule has 0 amide bonds. The normalized spacial score (nSPS) is 34.6. The highest BCUT2D eigenvalue weighted by Gasteiger charge is 2.47. The van der Waals surface area contributed by atoms with Gasteiger partial charge in [-0.05, 0) is 42.3 Å². The Hall–Kier alpha value is -2.98. The Morgan fingerprint density at radius 3 is 2.12 bits per heavy atom. The molecule has 4 rings (SSSR count). The van der Waals surface area contributed by atoms with Crippen LogP contribution in [0.4, 0.5) is 0 Å². The first-order valence-electron chi connectivity index (χ1n) is 12.5. The van der Waals surface area contributed by atoms with E-state index < -0.39 is 68.0 Å². The van der Waals surface area contributed by atoms with Crippen LogP contribution in [-0.2, 0) is 14.2 Å². The third-order valence-corrected chi connectivity index (χ3v) is 6.74. The zero-order valence-electron chi connectivity index (χ0n) is 21.7.